The Kier molecular flexibility index (Phi) is 6.16. The van der Waals surface area contributed by atoms with Gasteiger partial charge in [0, 0.05) is 43.4 Å². The maximum absolute atomic E-state index is 13.8. The van der Waals surface area contributed by atoms with Gasteiger partial charge in [-0.15, -0.1) is 11.3 Å². The Balaban J connectivity index is 1.34. The predicted molar refractivity (Wildman–Crippen MR) is 124 cm³/mol. The SMILES string of the molecule is O=C([C@H]1CN(Cc2ccccc2)C[C@@H]1c1cccs1)N1CCOC1Cc1ccccc1. The van der Waals surface area contributed by atoms with Crippen LogP contribution in [0, 0.1) is 5.92 Å². The molecule has 2 saturated heterocycles. The summed E-state index contributed by atoms with van der Waals surface area (Å²) < 4.78 is 5.99. The molecule has 2 aliphatic rings. The van der Waals surface area contributed by atoms with E-state index in [0.717, 1.165) is 26.1 Å². The smallest absolute Gasteiger partial charge is 0.229 e. The van der Waals surface area contributed by atoms with Crippen molar-refractivity contribution in [1.82, 2.24) is 9.80 Å². The number of hydrogen-bond donors (Lipinski definition) is 0. The van der Waals surface area contributed by atoms with Crippen molar-refractivity contribution in [2.45, 2.75) is 25.1 Å². The largest absolute Gasteiger partial charge is 0.356 e. The Morgan fingerprint density at radius 2 is 1.68 bits per heavy atom. The maximum Gasteiger partial charge on any atom is 0.229 e. The summed E-state index contributed by atoms with van der Waals surface area (Å²) in [7, 11) is 0. The molecule has 0 spiro atoms. The van der Waals surface area contributed by atoms with Crippen molar-refractivity contribution in [3.8, 4) is 0 Å². The number of carbonyl (C=O) groups is 1. The number of ether oxygens (including phenoxy) is 1. The van der Waals surface area contributed by atoms with Crippen molar-refractivity contribution in [2.75, 3.05) is 26.2 Å². The summed E-state index contributed by atoms with van der Waals surface area (Å²) in [6, 6.07) is 25.2. The minimum atomic E-state index is -0.165. The molecule has 3 atom stereocenters. The molecule has 5 heteroatoms. The van der Waals surface area contributed by atoms with E-state index in [0.29, 0.717) is 13.2 Å². The lowest BCUT2D eigenvalue weighted by atomic mass is 9.93. The van der Waals surface area contributed by atoms with Gasteiger partial charge in [0.2, 0.25) is 5.91 Å². The van der Waals surface area contributed by atoms with E-state index in [-0.39, 0.29) is 24.0 Å². The number of carbonyl (C=O) groups excluding carboxylic acids is 1. The zero-order chi connectivity index (χ0) is 21.0. The third-order valence-corrected chi connectivity index (χ3v) is 7.40. The van der Waals surface area contributed by atoms with Gasteiger partial charge in [-0.1, -0.05) is 66.7 Å². The summed E-state index contributed by atoms with van der Waals surface area (Å²) in [5.74, 6) is 0.462. The number of likely N-dealkylation sites (tertiary alicyclic amines) is 1. The van der Waals surface area contributed by atoms with Gasteiger partial charge in [0.15, 0.2) is 0 Å². The Hall–Kier alpha value is -2.47. The highest BCUT2D eigenvalue weighted by Crippen LogP contribution is 2.37. The second-order valence-corrected chi connectivity index (χ2v) is 9.43. The zero-order valence-corrected chi connectivity index (χ0v) is 18.4. The van der Waals surface area contributed by atoms with E-state index in [2.05, 4.69) is 64.9 Å². The van der Waals surface area contributed by atoms with Gasteiger partial charge in [-0.2, -0.15) is 0 Å². The average Bonchev–Trinajstić information content (AvgIpc) is 3.56. The second-order valence-electron chi connectivity index (χ2n) is 8.45. The van der Waals surface area contributed by atoms with Crippen LogP contribution in [-0.4, -0.2) is 48.2 Å². The van der Waals surface area contributed by atoms with E-state index in [4.69, 9.17) is 4.74 Å². The first-order valence-electron chi connectivity index (χ1n) is 11.0. The summed E-state index contributed by atoms with van der Waals surface area (Å²) in [4.78, 5) is 19.5. The molecule has 4 nitrogen and oxygen atoms in total. The van der Waals surface area contributed by atoms with E-state index in [9.17, 15) is 4.79 Å². The van der Waals surface area contributed by atoms with Gasteiger partial charge in [0.05, 0.1) is 12.5 Å². The molecule has 31 heavy (non-hydrogen) atoms. The number of thiophene rings is 1. The summed E-state index contributed by atoms with van der Waals surface area (Å²) in [6.45, 7) is 3.90. The molecule has 2 aromatic carbocycles. The fourth-order valence-corrected chi connectivity index (χ4v) is 5.75. The van der Waals surface area contributed by atoms with Crippen LogP contribution in [0.5, 0.6) is 0 Å². The second kappa shape index (κ2) is 9.35. The molecule has 5 rings (SSSR count). The lowest BCUT2D eigenvalue weighted by Gasteiger charge is -2.28. The number of amides is 1. The molecule has 3 heterocycles. The zero-order valence-electron chi connectivity index (χ0n) is 17.6. The van der Waals surface area contributed by atoms with Gasteiger partial charge in [-0.3, -0.25) is 9.69 Å². The van der Waals surface area contributed by atoms with Crippen LogP contribution in [0.2, 0.25) is 0 Å². The van der Waals surface area contributed by atoms with Gasteiger partial charge < -0.3 is 9.64 Å². The molecular formula is C26H28N2O2S. The molecule has 0 radical (unpaired) electrons. The fraction of sp³-hybridized carbons (Fsp3) is 0.346. The molecule has 1 aromatic heterocycles. The summed E-state index contributed by atoms with van der Waals surface area (Å²) in [6.07, 6.45) is 0.582. The number of nitrogens with zero attached hydrogens (tertiary/aromatic N) is 2. The minimum absolute atomic E-state index is 0.0256. The molecular weight excluding hydrogens is 404 g/mol. The fourth-order valence-electron chi connectivity index (χ4n) is 4.87. The van der Waals surface area contributed by atoms with Crippen LogP contribution in [0.1, 0.15) is 21.9 Å². The van der Waals surface area contributed by atoms with Gasteiger partial charge in [0.1, 0.15) is 6.23 Å². The molecule has 0 bridgehead atoms. The molecule has 2 aliphatic heterocycles. The topological polar surface area (TPSA) is 32.8 Å². The highest BCUT2D eigenvalue weighted by Gasteiger charge is 2.43. The Morgan fingerprint density at radius 1 is 0.935 bits per heavy atom. The first-order valence-corrected chi connectivity index (χ1v) is 11.9. The lowest BCUT2D eigenvalue weighted by Crippen LogP contribution is -2.43. The molecule has 2 fully saturated rings. The van der Waals surface area contributed by atoms with Crippen molar-refractivity contribution in [1.29, 1.82) is 0 Å². The van der Waals surface area contributed by atoms with E-state index in [1.165, 1.54) is 16.0 Å². The highest BCUT2D eigenvalue weighted by molar-refractivity contribution is 7.10. The predicted octanol–water partition coefficient (Wildman–Crippen LogP) is 4.39. The monoisotopic (exact) mass is 432 g/mol. The Morgan fingerprint density at radius 3 is 2.39 bits per heavy atom. The van der Waals surface area contributed by atoms with Crippen LogP contribution in [0.25, 0.3) is 0 Å². The van der Waals surface area contributed by atoms with Crippen molar-refractivity contribution in [3.63, 3.8) is 0 Å². The molecule has 3 aromatic rings. The van der Waals surface area contributed by atoms with Crippen LogP contribution in [0.15, 0.2) is 78.2 Å². The lowest BCUT2D eigenvalue weighted by molar-refractivity contribution is -0.140. The maximum atomic E-state index is 13.8. The number of rotatable bonds is 6. The van der Waals surface area contributed by atoms with Crippen molar-refractivity contribution < 1.29 is 9.53 Å². The van der Waals surface area contributed by atoms with Crippen molar-refractivity contribution in [3.05, 3.63) is 94.2 Å². The molecule has 0 aliphatic carbocycles. The first-order chi connectivity index (χ1) is 15.3. The third-order valence-electron chi connectivity index (χ3n) is 6.40. The van der Waals surface area contributed by atoms with Gasteiger partial charge in [-0.25, -0.2) is 0 Å². The summed E-state index contributed by atoms with van der Waals surface area (Å²) in [5, 5.41) is 2.12. The number of benzene rings is 2. The van der Waals surface area contributed by atoms with Crippen LogP contribution < -0.4 is 0 Å². The van der Waals surface area contributed by atoms with Crippen LogP contribution in [-0.2, 0) is 22.5 Å². The standard InChI is InChI=1S/C26H28N2O2S/c29-26(28-13-14-30-25(28)16-20-8-3-1-4-9-20)23-19-27(17-21-10-5-2-6-11-21)18-22(23)24-12-7-15-31-24/h1-12,15,22-23,25H,13-14,16-19H2/t22-,23-,25?/m0/s1. The first kappa shape index (κ1) is 20.4. The van der Waals surface area contributed by atoms with E-state index in [1.807, 2.05) is 23.1 Å². The molecule has 1 unspecified atom stereocenters. The van der Waals surface area contributed by atoms with Crippen molar-refractivity contribution in [2.24, 2.45) is 5.92 Å². The third kappa shape index (κ3) is 4.59. The molecule has 0 saturated carbocycles. The van der Waals surface area contributed by atoms with Crippen molar-refractivity contribution >= 4 is 17.2 Å². The van der Waals surface area contributed by atoms with Crippen LogP contribution >= 0.6 is 11.3 Å². The van der Waals surface area contributed by atoms with Crippen LogP contribution in [0.4, 0.5) is 0 Å². The van der Waals surface area contributed by atoms with Gasteiger partial charge in [0.25, 0.3) is 0 Å². The summed E-state index contributed by atoms with van der Waals surface area (Å²) >= 11 is 1.77. The Labute approximate surface area is 188 Å². The normalized spacial score (nSPS) is 24.0. The summed E-state index contributed by atoms with van der Waals surface area (Å²) in [5.41, 5.74) is 2.51. The Bertz CT molecular complexity index is 977. The molecule has 0 N–H and O–H groups in total. The average molecular weight is 433 g/mol. The quantitative estimate of drug-likeness (QED) is 0.579. The van der Waals surface area contributed by atoms with Gasteiger partial charge >= 0.3 is 0 Å². The highest BCUT2D eigenvalue weighted by atomic mass is 32.1. The van der Waals surface area contributed by atoms with E-state index >= 15 is 0 Å². The molecule has 1 amide bonds. The van der Waals surface area contributed by atoms with Crippen LogP contribution in [0.3, 0.4) is 0 Å². The number of hydrogen-bond acceptors (Lipinski definition) is 4. The van der Waals surface area contributed by atoms with Gasteiger partial charge in [-0.05, 0) is 22.6 Å². The van der Waals surface area contributed by atoms with E-state index < -0.39 is 0 Å². The molecule has 160 valence electrons. The van der Waals surface area contributed by atoms with E-state index in [1.54, 1.807) is 11.3 Å². The minimum Gasteiger partial charge on any atom is -0.356 e.